The third kappa shape index (κ3) is 5.46. The Morgan fingerprint density at radius 1 is 0.850 bits per heavy atom. The molecule has 1 saturated carbocycles. The van der Waals surface area contributed by atoms with E-state index in [9.17, 15) is 9.59 Å². The molecule has 204 valence electrons. The fourth-order valence-corrected chi connectivity index (χ4v) is 6.32. The number of esters is 1. The Morgan fingerprint density at radius 3 is 2.23 bits per heavy atom. The van der Waals surface area contributed by atoms with Gasteiger partial charge >= 0.3 is 5.97 Å². The molecule has 0 saturated heterocycles. The number of hydrogen-bond donors (Lipinski definition) is 1. The molecule has 0 amide bonds. The van der Waals surface area contributed by atoms with E-state index >= 15 is 0 Å². The van der Waals surface area contributed by atoms with Crippen LogP contribution in [0, 0.1) is 0 Å². The predicted octanol–water partition coefficient (Wildman–Crippen LogP) is 7.11. The Hall–Kier alpha value is -4.12. The minimum Gasteiger partial charge on any atom is -0.489 e. The summed E-state index contributed by atoms with van der Waals surface area (Å²) in [4.78, 5) is 27.5. The maximum Gasteiger partial charge on any atom is 0.337 e. The summed E-state index contributed by atoms with van der Waals surface area (Å²) in [6.45, 7) is 2.40. The number of hydrogen-bond acceptors (Lipinski definition) is 5. The Kier molecular flexibility index (Phi) is 7.54. The number of Topliss-reactive ketones (excluding diaryl/α,β-unsaturated/α-hetero) is 1. The van der Waals surface area contributed by atoms with Crippen molar-refractivity contribution < 1.29 is 19.1 Å². The van der Waals surface area contributed by atoms with Crippen LogP contribution in [0.3, 0.4) is 0 Å². The number of benzene rings is 3. The molecule has 2 aliphatic carbocycles. The zero-order chi connectivity index (χ0) is 27.5. The van der Waals surface area contributed by atoms with Crippen LogP contribution in [0.15, 0.2) is 107 Å². The van der Waals surface area contributed by atoms with Crippen molar-refractivity contribution >= 4 is 11.8 Å². The largest absolute Gasteiger partial charge is 0.489 e. The lowest BCUT2D eigenvalue weighted by Crippen LogP contribution is -2.36. The van der Waals surface area contributed by atoms with E-state index in [1.165, 1.54) is 0 Å². The van der Waals surface area contributed by atoms with Crippen molar-refractivity contribution in [2.75, 3.05) is 0 Å². The number of nitrogens with one attached hydrogen (secondary N) is 1. The quantitative estimate of drug-likeness (QED) is 0.328. The van der Waals surface area contributed by atoms with Gasteiger partial charge < -0.3 is 14.8 Å². The molecular weight excluding hydrogens is 498 g/mol. The monoisotopic (exact) mass is 533 g/mol. The minimum absolute atomic E-state index is 0.0536. The topological polar surface area (TPSA) is 64.6 Å². The number of carbonyl (C=O) groups is 2. The summed E-state index contributed by atoms with van der Waals surface area (Å²) in [5, 5.41) is 3.47. The van der Waals surface area contributed by atoms with Gasteiger partial charge in [0.05, 0.1) is 5.57 Å². The summed E-state index contributed by atoms with van der Waals surface area (Å²) in [6, 6.07) is 28.1. The van der Waals surface area contributed by atoms with Crippen LogP contribution in [0.1, 0.15) is 74.0 Å². The number of rotatable bonds is 7. The first-order valence-corrected chi connectivity index (χ1v) is 14.3. The second-order valence-electron chi connectivity index (χ2n) is 11.1. The zero-order valence-corrected chi connectivity index (χ0v) is 22.9. The molecule has 0 radical (unpaired) electrons. The van der Waals surface area contributed by atoms with Crippen LogP contribution >= 0.6 is 0 Å². The molecule has 0 bridgehead atoms. The predicted molar refractivity (Wildman–Crippen MR) is 155 cm³/mol. The molecule has 1 fully saturated rings. The van der Waals surface area contributed by atoms with Crippen molar-refractivity contribution in [1.29, 1.82) is 0 Å². The van der Waals surface area contributed by atoms with Gasteiger partial charge in [0, 0.05) is 29.3 Å². The van der Waals surface area contributed by atoms with Gasteiger partial charge in [-0.05, 0) is 73.8 Å². The van der Waals surface area contributed by atoms with Crippen molar-refractivity contribution in [2.45, 2.75) is 70.0 Å². The SMILES string of the molecule is CC1=C(C(=O)OC2CCCC2)[C@H](c2ccc(OCc3ccccc3)cc2)C2=C(C[C@H](c3ccccc3)CC2=O)N1. The van der Waals surface area contributed by atoms with E-state index in [0.29, 0.717) is 24.2 Å². The molecule has 3 aliphatic rings. The summed E-state index contributed by atoms with van der Waals surface area (Å²) in [6.07, 6.45) is 5.05. The molecule has 5 heteroatoms. The van der Waals surface area contributed by atoms with Gasteiger partial charge in [0.1, 0.15) is 18.5 Å². The Morgan fingerprint density at radius 2 is 1.52 bits per heavy atom. The summed E-state index contributed by atoms with van der Waals surface area (Å²) < 4.78 is 12.0. The van der Waals surface area contributed by atoms with Gasteiger partial charge in [0.2, 0.25) is 0 Å². The standard InChI is InChI=1S/C35H35NO4/c1-23-32(35(38)40-29-14-8-9-15-29)33(26-16-18-28(19-17-26)39-22-24-10-4-2-5-11-24)34-30(36-23)20-27(21-31(34)37)25-12-6-3-7-13-25/h2-7,10-13,16-19,27,29,33,36H,8-9,14-15,20-22H2,1H3/t27-,33-/m0/s1. The van der Waals surface area contributed by atoms with E-state index in [2.05, 4.69) is 17.4 Å². The van der Waals surface area contributed by atoms with Gasteiger partial charge in [-0.25, -0.2) is 4.79 Å². The first-order chi connectivity index (χ1) is 19.6. The first kappa shape index (κ1) is 26.1. The highest BCUT2D eigenvalue weighted by Gasteiger charge is 2.42. The number of carbonyl (C=O) groups excluding carboxylic acids is 2. The van der Waals surface area contributed by atoms with E-state index < -0.39 is 5.92 Å². The normalized spacial score (nSPS) is 21.2. The molecule has 0 aromatic heterocycles. The van der Waals surface area contributed by atoms with E-state index in [-0.39, 0.29) is 23.8 Å². The van der Waals surface area contributed by atoms with Gasteiger partial charge in [-0.3, -0.25) is 4.79 Å². The average Bonchev–Trinajstić information content (AvgIpc) is 3.49. The van der Waals surface area contributed by atoms with Crippen LogP contribution in [0.4, 0.5) is 0 Å². The minimum atomic E-state index is -0.474. The molecule has 1 heterocycles. The first-order valence-electron chi connectivity index (χ1n) is 14.3. The molecule has 3 aromatic rings. The highest BCUT2D eigenvalue weighted by Crippen LogP contribution is 2.46. The number of dihydropyridines is 1. The van der Waals surface area contributed by atoms with Crippen molar-refractivity contribution in [3.05, 3.63) is 124 Å². The van der Waals surface area contributed by atoms with Crippen molar-refractivity contribution in [3.8, 4) is 5.75 Å². The van der Waals surface area contributed by atoms with Crippen LogP contribution < -0.4 is 10.1 Å². The highest BCUT2D eigenvalue weighted by molar-refractivity contribution is 6.04. The third-order valence-corrected chi connectivity index (χ3v) is 8.36. The lowest BCUT2D eigenvalue weighted by molar-refractivity contribution is -0.144. The zero-order valence-electron chi connectivity index (χ0n) is 22.9. The number of ether oxygens (including phenoxy) is 2. The maximum absolute atomic E-state index is 13.8. The summed E-state index contributed by atoms with van der Waals surface area (Å²) in [5.74, 6) is 0.129. The van der Waals surface area contributed by atoms with Gasteiger partial charge in [0.25, 0.3) is 0 Å². The van der Waals surface area contributed by atoms with Crippen LogP contribution in [0.25, 0.3) is 0 Å². The Labute approximate surface area is 235 Å². The van der Waals surface area contributed by atoms with Crippen LogP contribution in [-0.4, -0.2) is 17.9 Å². The molecule has 5 nitrogen and oxygen atoms in total. The second kappa shape index (κ2) is 11.5. The van der Waals surface area contributed by atoms with Crippen LogP contribution in [0.2, 0.25) is 0 Å². The Balaban J connectivity index is 1.32. The van der Waals surface area contributed by atoms with Gasteiger partial charge in [-0.2, -0.15) is 0 Å². The highest BCUT2D eigenvalue weighted by atomic mass is 16.5. The molecule has 2 atom stereocenters. The smallest absolute Gasteiger partial charge is 0.337 e. The number of allylic oxidation sites excluding steroid dienone is 3. The summed E-state index contributed by atoms with van der Waals surface area (Å²) >= 11 is 0. The second-order valence-corrected chi connectivity index (χ2v) is 11.1. The van der Waals surface area contributed by atoms with Gasteiger partial charge in [-0.1, -0.05) is 72.8 Å². The van der Waals surface area contributed by atoms with E-state index in [1.807, 2.05) is 79.7 Å². The average molecular weight is 534 g/mol. The molecule has 0 spiro atoms. The van der Waals surface area contributed by atoms with Crippen LogP contribution in [0.5, 0.6) is 5.75 Å². The van der Waals surface area contributed by atoms with E-state index in [0.717, 1.165) is 65.9 Å². The lowest BCUT2D eigenvalue weighted by atomic mass is 9.71. The molecule has 1 N–H and O–H groups in total. The Bertz CT molecular complexity index is 1430. The molecule has 0 unspecified atom stereocenters. The van der Waals surface area contributed by atoms with Gasteiger partial charge in [0.15, 0.2) is 5.78 Å². The molecular formula is C35H35NO4. The van der Waals surface area contributed by atoms with Crippen molar-refractivity contribution in [1.82, 2.24) is 5.32 Å². The van der Waals surface area contributed by atoms with E-state index in [1.54, 1.807) is 0 Å². The van der Waals surface area contributed by atoms with Crippen molar-refractivity contribution in [3.63, 3.8) is 0 Å². The fraction of sp³-hybridized carbons (Fsp3) is 0.314. The fourth-order valence-electron chi connectivity index (χ4n) is 6.32. The molecule has 6 rings (SSSR count). The molecule has 1 aliphatic heterocycles. The molecule has 3 aromatic carbocycles. The number of ketones is 1. The summed E-state index contributed by atoms with van der Waals surface area (Å²) in [7, 11) is 0. The van der Waals surface area contributed by atoms with Crippen molar-refractivity contribution in [2.24, 2.45) is 0 Å². The van der Waals surface area contributed by atoms with E-state index in [4.69, 9.17) is 9.47 Å². The maximum atomic E-state index is 13.8. The van der Waals surface area contributed by atoms with Crippen LogP contribution in [-0.2, 0) is 20.9 Å². The third-order valence-electron chi connectivity index (χ3n) is 8.36. The molecule has 40 heavy (non-hydrogen) atoms. The lowest BCUT2D eigenvalue weighted by Gasteiger charge is -2.37. The summed E-state index contributed by atoms with van der Waals surface area (Å²) in [5.41, 5.74) is 6.05. The van der Waals surface area contributed by atoms with Gasteiger partial charge in [-0.15, -0.1) is 0 Å².